The summed E-state index contributed by atoms with van der Waals surface area (Å²) in [5.41, 5.74) is 3.79. The number of halogens is 2. The lowest BCUT2D eigenvalue weighted by Crippen LogP contribution is -2.04. The number of hydrogen-bond acceptors (Lipinski definition) is 4. The second-order valence-electron chi connectivity index (χ2n) is 7.34. The quantitative estimate of drug-likeness (QED) is 0.334. The molecule has 0 unspecified atom stereocenters. The predicted molar refractivity (Wildman–Crippen MR) is 128 cm³/mol. The number of pyridine rings is 1. The fourth-order valence-corrected chi connectivity index (χ4v) is 3.58. The van der Waals surface area contributed by atoms with Gasteiger partial charge < -0.3 is 14.6 Å². The van der Waals surface area contributed by atoms with Crippen molar-refractivity contribution >= 4 is 34.1 Å². The molecular formula is C25H27Cl2NO3. The van der Waals surface area contributed by atoms with E-state index in [1.54, 1.807) is 12.1 Å². The Hall–Kier alpha value is -2.43. The van der Waals surface area contributed by atoms with E-state index in [2.05, 4.69) is 11.9 Å². The van der Waals surface area contributed by atoms with Crippen molar-refractivity contribution < 1.29 is 14.6 Å². The second kappa shape index (κ2) is 11.3. The molecule has 31 heavy (non-hydrogen) atoms. The van der Waals surface area contributed by atoms with Gasteiger partial charge in [0.25, 0.3) is 0 Å². The molecule has 3 aromatic rings. The van der Waals surface area contributed by atoms with Crippen molar-refractivity contribution in [1.82, 2.24) is 4.98 Å². The van der Waals surface area contributed by atoms with Crippen molar-refractivity contribution in [2.45, 2.75) is 39.5 Å². The van der Waals surface area contributed by atoms with Crippen LogP contribution in [0.5, 0.6) is 17.2 Å². The molecule has 1 aromatic heterocycles. The second-order valence-corrected chi connectivity index (χ2v) is 8.35. The van der Waals surface area contributed by atoms with E-state index in [4.69, 9.17) is 32.7 Å². The maximum absolute atomic E-state index is 9.99. The summed E-state index contributed by atoms with van der Waals surface area (Å²) in [6, 6.07) is 13.4. The summed E-state index contributed by atoms with van der Waals surface area (Å²) in [5.74, 6) is 1.92. The summed E-state index contributed by atoms with van der Waals surface area (Å²) < 4.78 is 12.0. The Kier molecular flexibility index (Phi) is 8.44. The standard InChI is InChI=1S/C25H27Cl2NO3/c1-3-18-16-21(30-14-12-23(26)27)15-17(2)25(18)31-13-5-4-8-20-11-10-19-7-6-9-22(29)24(19)28-20/h6-7,9-12,15-16,29H,3-5,8,13-14H2,1-2H3. The highest BCUT2D eigenvalue weighted by molar-refractivity contribution is 6.55. The number of hydrogen-bond donors (Lipinski definition) is 1. The van der Waals surface area contributed by atoms with E-state index in [-0.39, 0.29) is 10.2 Å². The van der Waals surface area contributed by atoms with Crippen LogP contribution in [0.2, 0.25) is 0 Å². The van der Waals surface area contributed by atoms with Gasteiger partial charge in [-0.25, -0.2) is 4.98 Å². The Balaban J connectivity index is 1.53. The van der Waals surface area contributed by atoms with Gasteiger partial charge in [-0.2, -0.15) is 0 Å². The molecule has 164 valence electrons. The van der Waals surface area contributed by atoms with Crippen LogP contribution < -0.4 is 9.47 Å². The lowest BCUT2D eigenvalue weighted by molar-refractivity contribution is 0.300. The molecule has 0 radical (unpaired) electrons. The molecule has 3 rings (SSSR count). The molecule has 2 aromatic carbocycles. The van der Waals surface area contributed by atoms with E-state index >= 15 is 0 Å². The van der Waals surface area contributed by atoms with Gasteiger partial charge in [-0.05, 0) is 74.1 Å². The number of nitrogens with zero attached hydrogens (tertiary/aromatic N) is 1. The molecule has 0 saturated carbocycles. The monoisotopic (exact) mass is 459 g/mol. The summed E-state index contributed by atoms with van der Waals surface area (Å²) in [4.78, 5) is 4.59. The Labute approximate surface area is 193 Å². The van der Waals surface area contributed by atoms with Gasteiger partial charge in [0.05, 0.1) is 6.61 Å². The molecular weight excluding hydrogens is 433 g/mol. The maximum Gasteiger partial charge on any atom is 0.141 e. The van der Waals surface area contributed by atoms with Crippen molar-refractivity contribution in [3.63, 3.8) is 0 Å². The number of aryl methyl sites for hydroxylation is 3. The first-order valence-corrected chi connectivity index (χ1v) is 11.2. The smallest absolute Gasteiger partial charge is 0.141 e. The van der Waals surface area contributed by atoms with E-state index in [0.29, 0.717) is 18.7 Å². The number of aromatic hydroxyl groups is 1. The third-order valence-electron chi connectivity index (χ3n) is 5.02. The predicted octanol–water partition coefficient (Wildman–Crippen LogP) is 6.91. The number of rotatable bonds is 10. The van der Waals surface area contributed by atoms with Crippen molar-refractivity contribution in [2.24, 2.45) is 0 Å². The molecule has 0 atom stereocenters. The topological polar surface area (TPSA) is 51.6 Å². The van der Waals surface area contributed by atoms with Crippen LogP contribution in [-0.2, 0) is 12.8 Å². The van der Waals surface area contributed by atoms with Gasteiger partial charge in [-0.3, -0.25) is 0 Å². The molecule has 0 aliphatic heterocycles. The van der Waals surface area contributed by atoms with Crippen molar-refractivity contribution in [1.29, 1.82) is 0 Å². The fraction of sp³-hybridized carbons (Fsp3) is 0.320. The van der Waals surface area contributed by atoms with Crippen molar-refractivity contribution in [2.75, 3.05) is 13.2 Å². The van der Waals surface area contributed by atoms with Gasteiger partial charge >= 0.3 is 0 Å². The highest BCUT2D eigenvalue weighted by atomic mass is 35.5. The first kappa shape index (κ1) is 23.2. The van der Waals surface area contributed by atoms with E-state index in [0.717, 1.165) is 59.4 Å². The van der Waals surface area contributed by atoms with E-state index < -0.39 is 0 Å². The van der Waals surface area contributed by atoms with E-state index in [9.17, 15) is 5.11 Å². The van der Waals surface area contributed by atoms with Crippen LogP contribution in [0.3, 0.4) is 0 Å². The first-order valence-electron chi connectivity index (χ1n) is 10.5. The number of phenols is 1. The number of phenolic OH excluding ortho intramolecular Hbond substituents is 1. The summed E-state index contributed by atoms with van der Waals surface area (Å²) in [7, 11) is 0. The lowest BCUT2D eigenvalue weighted by atomic mass is 10.1. The number of ether oxygens (including phenoxy) is 2. The van der Waals surface area contributed by atoms with Crippen LogP contribution in [0.4, 0.5) is 0 Å². The highest BCUT2D eigenvalue weighted by Crippen LogP contribution is 2.30. The van der Waals surface area contributed by atoms with Crippen molar-refractivity contribution in [3.8, 4) is 17.2 Å². The molecule has 0 amide bonds. The summed E-state index contributed by atoms with van der Waals surface area (Å²) in [5, 5.41) is 10.9. The zero-order valence-corrected chi connectivity index (χ0v) is 19.3. The lowest BCUT2D eigenvalue weighted by Gasteiger charge is -2.15. The van der Waals surface area contributed by atoms with Crippen LogP contribution in [0.15, 0.2) is 53.0 Å². The first-order chi connectivity index (χ1) is 15.0. The van der Waals surface area contributed by atoms with Crippen LogP contribution >= 0.6 is 23.2 Å². The molecule has 0 saturated heterocycles. The third-order valence-corrected chi connectivity index (χ3v) is 5.33. The summed E-state index contributed by atoms with van der Waals surface area (Å²) >= 11 is 11.3. The van der Waals surface area contributed by atoms with E-state index in [1.807, 2.05) is 43.3 Å². The summed E-state index contributed by atoms with van der Waals surface area (Å²) in [6.07, 6.45) is 5.18. The van der Waals surface area contributed by atoms with Crippen LogP contribution in [0, 0.1) is 6.92 Å². The number of fused-ring (bicyclic) bond motifs is 1. The fourth-order valence-electron chi connectivity index (χ4n) is 3.46. The zero-order chi connectivity index (χ0) is 22.2. The van der Waals surface area contributed by atoms with Gasteiger partial charge in [0.2, 0.25) is 0 Å². The number of aromatic nitrogens is 1. The van der Waals surface area contributed by atoms with Gasteiger partial charge in [0.1, 0.15) is 33.9 Å². The number of unbranched alkanes of at least 4 members (excludes halogenated alkanes) is 1. The average Bonchev–Trinajstić information content (AvgIpc) is 2.74. The molecule has 1 heterocycles. The largest absolute Gasteiger partial charge is 0.506 e. The molecule has 0 aliphatic carbocycles. The Morgan fingerprint density at radius 3 is 2.71 bits per heavy atom. The molecule has 6 heteroatoms. The molecule has 0 spiro atoms. The Morgan fingerprint density at radius 2 is 1.94 bits per heavy atom. The maximum atomic E-state index is 9.99. The van der Waals surface area contributed by atoms with Gasteiger partial charge in [-0.1, -0.05) is 48.3 Å². The molecule has 0 aliphatic rings. The Bertz CT molecular complexity index is 1060. The van der Waals surface area contributed by atoms with Crippen LogP contribution in [0.1, 0.15) is 36.6 Å². The van der Waals surface area contributed by atoms with E-state index in [1.165, 1.54) is 0 Å². The molecule has 0 bridgehead atoms. The minimum absolute atomic E-state index is 0.197. The third kappa shape index (κ3) is 6.52. The van der Waals surface area contributed by atoms with Gasteiger partial charge in [0, 0.05) is 11.1 Å². The van der Waals surface area contributed by atoms with Crippen LogP contribution in [-0.4, -0.2) is 23.3 Å². The minimum Gasteiger partial charge on any atom is -0.506 e. The number of benzene rings is 2. The van der Waals surface area contributed by atoms with Crippen LogP contribution in [0.25, 0.3) is 10.9 Å². The SMILES string of the molecule is CCc1cc(OCC=C(Cl)Cl)cc(C)c1OCCCCc1ccc2cccc(O)c2n1. The normalized spacial score (nSPS) is 10.8. The average molecular weight is 460 g/mol. The molecule has 0 fully saturated rings. The van der Waals surface area contributed by atoms with Gasteiger partial charge in [-0.15, -0.1) is 0 Å². The van der Waals surface area contributed by atoms with Crippen molar-refractivity contribution in [3.05, 3.63) is 69.9 Å². The molecule has 4 nitrogen and oxygen atoms in total. The highest BCUT2D eigenvalue weighted by Gasteiger charge is 2.10. The summed E-state index contributed by atoms with van der Waals surface area (Å²) in [6.45, 7) is 5.09. The minimum atomic E-state index is 0.197. The zero-order valence-electron chi connectivity index (χ0n) is 17.8. The van der Waals surface area contributed by atoms with Gasteiger partial charge in [0.15, 0.2) is 0 Å². The Morgan fingerprint density at radius 1 is 1.10 bits per heavy atom. The molecule has 1 N–H and O–H groups in total. The number of para-hydroxylation sites is 1.